The molecule has 1 aliphatic carbocycles. The summed E-state index contributed by atoms with van der Waals surface area (Å²) in [5.74, 6) is -0.926. The van der Waals surface area contributed by atoms with E-state index >= 15 is 0 Å². The number of carbonyl (C=O) groups excluding carboxylic acids is 2. The molecule has 1 aliphatic heterocycles. The molecule has 2 amide bonds. The Morgan fingerprint density at radius 2 is 1.71 bits per heavy atom. The predicted molar refractivity (Wildman–Crippen MR) is 141 cm³/mol. The number of hydrogen-bond acceptors (Lipinski definition) is 6. The minimum atomic E-state index is -0.524. The Kier molecular flexibility index (Phi) is 6.71. The number of amides is 2. The van der Waals surface area contributed by atoms with Gasteiger partial charge in [-0.3, -0.25) is 24.6 Å². The van der Waals surface area contributed by atoms with Gasteiger partial charge in [-0.25, -0.2) is 4.68 Å². The summed E-state index contributed by atoms with van der Waals surface area (Å²) in [5, 5.41) is 25.6. The zero-order chi connectivity index (χ0) is 26.8. The van der Waals surface area contributed by atoms with E-state index in [1.807, 2.05) is 36.4 Å². The molecular weight excluding hydrogens is 482 g/mol. The maximum Gasteiger partial charge on any atom is 0.271 e. The molecule has 5 rings (SSSR count). The van der Waals surface area contributed by atoms with Crippen molar-refractivity contribution in [2.45, 2.75) is 45.1 Å². The molecule has 1 fully saturated rings. The van der Waals surface area contributed by atoms with E-state index in [2.05, 4.69) is 0 Å². The van der Waals surface area contributed by atoms with Crippen LogP contribution in [0.2, 0.25) is 0 Å². The lowest BCUT2D eigenvalue weighted by Crippen LogP contribution is -2.49. The largest absolute Gasteiger partial charge is 0.271 e. The Morgan fingerprint density at radius 1 is 1.03 bits per heavy atom. The van der Waals surface area contributed by atoms with Crippen LogP contribution in [0, 0.1) is 21.4 Å². The summed E-state index contributed by atoms with van der Waals surface area (Å²) >= 11 is 0. The highest BCUT2D eigenvalue weighted by molar-refractivity contribution is 6.20. The number of non-ortho nitro benzene ring substituents is 1. The third kappa shape index (κ3) is 4.52. The second-order valence-corrected chi connectivity index (χ2v) is 9.46. The summed E-state index contributed by atoms with van der Waals surface area (Å²) in [4.78, 5) is 38.8. The molecule has 38 heavy (non-hydrogen) atoms. The monoisotopic (exact) mass is 507 g/mol. The number of aromatic nitrogens is 2. The zero-order valence-corrected chi connectivity index (χ0v) is 20.8. The van der Waals surface area contributed by atoms with Gasteiger partial charge in [0.15, 0.2) is 0 Å². The number of imide groups is 1. The van der Waals surface area contributed by atoms with Crippen molar-refractivity contribution in [2.75, 3.05) is 0 Å². The average molecular weight is 508 g/mol. The van der Waals surface area contributed by atoms with Crippen molar-refractivity contribution in [2.24, 2.45) is 0 Å². The van der Waals surface area contributed by atoms with Gasteiger partial charge in [0.05, 0.1) is 16.3 Å². The standard InChI is InChI=1S/C29H25N5O4/c1-19-25(28(35)33(29(36)26(19)17-30)23-10-6-3-7-11-23)16-21-18-32(22-12-14-24(15-13-22)34(37)38)31-27(21)20-8-4-2-5-9-20/h2,4-5,8-9,12-16,18,23H,3,6-7,10-11H2,1H3/b25-16+. The van der Waals surface area contributed by atoms with E-state index in [9.17, 15) is 25.0 Å². The molecule has 0 unspecified atom stereocenters. The van der Waals surface area contributed by atoms with Gasteiger partial charge in [0.25, 0.3) is 17.5 Å². The number of carbonyl (C=O) groups is 2. The first-order valence-corrected chi connectivity index (χ1v) is 12.5. The normalized spacial score (nSPS) is 17.7. The molecule has 190 valence electrons. The molecule has 0 radical (unpaired) electrons. The van der Waals surface area contributed by atoms with Gasteiger partial charge in [-0.1, -0.05) is 49.6 Å². The van der Waals surface area contributed by atoms with Gasteiger partial charge in [-0.15, -0.1) is 0 Å². The van der Waals surface area contributed by atoms with Gasteiger partial charge in [-0.2, -0.15) is 10.4 Å². The third-order valence-electron chi connectivity index (χ3n) is 7.13. The lowest BCUT2D eigenvalue weighted by atomic mass is 9.88. The minimum absolute atomic E-state index is 0.0227. The first-order valence-electron chi connectivity index (χ1n) is 12.5. The number of nitriles is 1. The average Bonchev–Trinajstić information content (AvgIpc) is 3.36. The molecule has 0 N–H and O–H groups in total. The second-order valence-electron chi connectivity index (χ2n) is 9.46. The van der Waals surface area contributed by atoms with Crippen LogP contribution < -0.4 is 0 Å². The fourth-order valence-electron chi connectivity index (χ4n) is 5.10. The molecule has 9 nitrogen and oxygen atoms in total. The van der Waals surface area contributed by atoms with Gasteiger partial charge in [0.2, 0.25) is 0 Å². The van der Waals surface area contributed by atoms with Gasteiger partial charge in [0.1, 0.15) is 11.6 Å². The molecule has 0 saturated heterocycles. The molecule has 1 saturated carbocycles. The smallest absolute Gasteiger partial charge is 0.271 e. The van der Waals surface area contributed by atoms with Crippen LogP contribution in [0.4, 0.5) is 5.69 Å². The fourth-order valence-corrected chi connectivity index (χ4v) is 5.10. The topological polar surface area (TPSA) is 122 Å². The Bertz CT molecular complexity index is 1520. The number of nitro benzene ring substituents is 1. The van der Waals surface area contributed by atoms with Gasteiger partial charge in [0, 0.05) is 41.1 Å². The first-order chi connectivity index (χ1) is 18.4. The lowest BCUT2D eigenvalue weighted by molar-refractivity contribution is -0.384. The van der Waals surface area contributed by atoms with E-state index < -0.39 is 16.7 Å². The highest BCUT2D eigenvalue weighted by Crippen LogP contribution is 2.34. The molecule has 9 heteroatoms. The molecule has 0 bridgehead atoms. The number of benzene rings is 2. The summed E-state index contributed by atoms with van der Waals surface area (Å²) in [6.45, 7) is 1.63. The highest BCUT2D eigenvalue weighted by Gasteiger charge is 2.40. The molecule has 2 aromatic carbocycles. The third-order valence-corrected chi connectivity index (χ3v) is 7.13. The van der Waals surface area contributed by atoms with E-state index in [0.717, 1.165) is 37.7 Å². The fraction of sp³-hybridized carbons (Fsp3) is 0.241. The van der Waals surface area contributed by atoms with Gasteiger partial charge >= 0.3 is 0 Å². The molecule has 2 aliphatic rings. The molecule has 0 spiro atoms. The van der Waals surface area contributed by atoms with Crippen LogP contribution >= 0.6 is 0 Å². The Balaban J connectivity index is 1.64. The minimum Gasteiger partial charge on any atom is -0.271 e. The van der Waals surface area contributed by atoms with Crippen LogP contribution in [0.5, 0.6) is 0 Å². The second kappa shape index (κ2) is 10.3. The van der Waals surface area contributed by atoms with Crippen LogP contribution in [0.25, 0.3) is 23.0 Å². The molecule has 2 heterocycles. The quantitative estimate of drug-likeness (QED) is 0.198. The van der Waals surface area contributed by atoms with Crippen molar-refractivity contribution < 1.29 is 14.5 Å². The molecule has 3 aromatic rings. The van der Waals surface area contributed by atoms with E-state index in [1.165, 1.54) is 17.0 Å². The van der Waals surface area contributed by atoms with Crippen LogP contribution in [0.15, 0.2) is 77.5 Å². The van der Waals surface area contributed by atoms with Crippen molar-refractivity contribution in [3.8, 4) is 23.0 Å². The highest BCUT2D eigenvalue weighted by atomic mass is 16.6. The molecule has 0 atom stereocenters. The van der Waals surface area contributed by atoms with Crippen LogP contribution in [-0.4, -0.2) is 37.5 Å². The predicted octanol–water partition coefficient (Wildman–Crippen LogP) is 5.37. The number of hydrogen-bond donors (Lipinski definition) is 0. The Morgan fingerprint density at radius 3 is 2.34 bits per heavy atom. The summed E-state index contributed by atoms with van der Waals surface area (Å²) in [6, 6.07) is 17.3. The number of nitrogens with zero attached hydrogens (tertiary/aromatic N) is 5. The Labute approximate surface area is 219 Å². The summed E-state index contributed by atoms with van der Waals surface area (Å²) in [6.07, 6.45) is 7.83. The first kappa shape index (κ1) is 24.8. The van der Waals surface area contributed by atoms with Crippen molar-refractivity contribution in [3.05, 3.63) is 93.2 Å². The van der Waals surface area contributed by atoms with Gasteiger partial charge in [-0.05, 0) is 43.5 Å². The van der Waals surface area contributed by atoms with Crippen molar-refractivity contribution in [1.29, 1.82) is 5.26 Å². The molecule has 1 aromatic heterocycles. The zero-order valence-electron chi connectivity index (χ0n) is 20.8. The lowest BCUT2D eigenvalue weighted by Gasteiger charge is -2.36. The number of nitro groups is 1. The van der Waals surface area contributed by atoms with E-state index in [0.29, 0.717) is 22.5 Å². The van der Waals surface area contributed by atoms with E-state index in [-0.39, 0.29) is 22.9 Å². The number of rotatable bonds is 5. The summed E-state index contributed by atoms with van der Waals surface area (Å²) < 4.78 is 1.60. The maximum atomic E-state index is 13.7. The SMILES string of the molecule is CC1=C(C#N)C(=O)N(C2CCCCC2)C(=O)/C1=C/c1cn(-c2ccc([N+](=O)[O-])cc2)nc1-c1ccccc1. The Hall–Kier alpha value is -4.84. The molecular formula is C29H25N5O4. The van der Waals surface area contributed by atoms with E-state index in [4.69, 9.17) is 5.10 Å². The van der Waals surface area contributed by atoms with Crippen molar-refractivity contribution in [3.63, 3.8) is 0 Å². The van der Waals surface area contributed by atoms with Crippen molar-refractivity contribution >= 4 is 23.6 Å². The van der Waals surface area contributed by atoms with Crippen LogP contribution in [-0.2, 0) is 9.59 Å². The summed E-state index contributed by atoms with van der Waals surface area (Å²) in [5.41, 5.74) is 3.21. The van der Waals surface area contributed by atoms with Crippen LogP contribution in [0.1, 0.15) is 44.6 Å². The summed E-state index contributed by atoms with van der Waals surface area (Å²) in [7, 11) is 0. The van der Waals surface area contributed by atoms with Gasteiger partial charge < -0.3 is 0 Å². The van der Waals surface area contributed by atoms with E-state index in [1.54, 1.807) is 36.0 Å². The maximum absolute atomic E-state index is 13.7. The van der Waals surface area contributed by atoms with Crippen LogP contribution in [0.3, 0.4) is 0 Å². The van der Waals surface area contributed by atoms with Crippen molar-refractivity contribution in [1.82, 2.24) is 14.7 Å².